The van der Waals surface area contributed by atoms with Gasteiger partial charge in [-0.15, -0.1) is 0 Å². The van der Waals surface area contributed by atoms with Gasteiger partial charge in [-0.25, -0.2) is 4.79 Å². The Morgan fingerprint density at radius 1 is 1.33 bits per heavy atom. The van der Waals surface area contributed by atoms with Gasteiger partial charge in [0, 0.05) is 18.7 Å². The summed E-state index contributed by atoms with van der Waals surface area (Å²) in [5.41, 5.74) is 0.134. The first-order valence-corrected chi connectivity index (χ1v) is 6.83. The van der Waals surface area contributed by atoms with Crippen molar-refractivity contribution in [3.05, 3.63) is 24.3 Å². The lowest BCUT2D eigenvalue weighted by atomic mass is 10.2. The van der Waals surface area contributed by atoms with Crippen LogP contribution in [0.3, 0.4) is 0 Å². The average molecular weight is 292 g/mol. The first-order valence-electron chi connectivity index (χ1n) is 6.83. The molecule has 2 amide bonds. The van der Waals surface area contributed by atoms with Crippen molar-refractivity contribution in [3.8, 4) is 5.75 Å². The van der Waals surface area contributed by atoms with Crippen molar-refractivity contribution in [1.29, 1.82) is 0 Å². The number of hydrogen-bond donors (Lipinski definition) is 2. The topological polar surface area (TPSA) is 78.9 Å². The Hall–Kier alpha value is -2.24. The zero-order chi connectivity index (χ0) is 15.6. The molecule has 0 aliphatic carbocycles. The Kier molecular flexibility index (Phi) is 4.06. The number of aromatic hydroxyl groups is 1. The summed E-state index contributed by atoms with van der Waals surface area (Å²) in [7, 11) is 0. The van der Waals surface area contributed by atoms with Crippen LogP contribution in [0.25, 0.3) is 0 Å². The van der Waals surface area contributed by atoms with E-state index in [1.165, 1.54) is 12.1 Å². The first-order chi connectivity index (χ1) is 9.74. The van der Waals surface area contributed by atoms with E-state index >= 15 is 0 Å². The molecule has 1 aromatic carbocycles. The normalized spacial score (nSPS) is 18.7. The van der Waals surface area contributed by atoms with Gasteiger partial charge in [-0.3, -0.25) is 4.79 Å². The first kappa shape index (κ1) is 15.2. The molecule has 1 heterocycles. The fourth-order valence-corrected chi connectivity index (χ4v) is 2.16. The molecule has 0 bridgehead atoms. The molecule has 1 aliphatic rings. The third-order valence-corrected chi connectivity index (χ3v) is 3.01. The fraction of sp³-hybridized carbons (Fsp3) is 0.467. The summed E-state index contributed by atoms with van der Waals surface area (Å²) in [5.74, 6) is 0.0792. The number of hydrogen-bond acceptors (Lipinski definition) is 4. The molecule has 0 aromatic heterocycles. The van der Waals surface area contributed by atoms with Crippen LogP contribution in [-0.4, -0.2) is 35.3 Å². The zero-order valence-electron chi connectivity index (χ0n) is 12.4. The molecule has 1 atom stereocenters. The number of anilines is 1. The van der Waals surface area contributed by atoms with Crippen LogP contribution in [0, 0.1) is 0 Å². The van der Waals surface area contributed by atoms with Gasteiger partial charge in [-0.05, 0) is 45.0 Å². The maximum Gasteiger partial charge on any atom is 0.407 e. The number of carbonyl (C=O) groups excluding carboxylic acids is 2. The van der Waals surface area contributed by atoms with Crippen molar-refractivity contribution in [2.24, 2.45) is 0 Å². The van der Waals surface area contributed by atoms with E-state index in [2.05, 4.69) is 5.32 Å². The number of phenolic OH excluding ortho intramolecular Hbond substituents is 1. The number of carbonyl (C=O) groups is 2. The molecule has 0 unspecified atom stereocenters. The van der Waals surface area contributed by atoms with Crippen molar-refractivity contribution in [3.63, 3.8) is 0 Å². The number of rotatable bonds is 2. The minimum Gasteiger partial charge on any atom is -0.508 e. The molecule has 21 heavy (non-hydrogen) atoms. The molecule has 114 valence electrons. The van der Waals surface area contributed by atoms with Gasteiger partial charge in [-0.2, -0.15) is 0 Å². The van der Waals surface area contributed by atoms with Crippen LogP contribution in [0.4, 0.5) is 10.5 Å². The van der Waals surface area contributed by atoms with Crippen LogP contribution in [0.15, 0.2) is 24.3 Å². The monoisotopic (exact) mass is 292 g/mol. The van der Waals surface area contributed by atoms with E-state index in [9.17, 15) is 14.7 Å². The molecule has 0 saturated carbocycles. The van der Waals surface area contributed by atoms with Crippen LogP contribution < -0.4 is 10.2 Å². The Bertz CT molecular complexity index is 534. The van der Waals surface area contributed by atoms with Crippen LogP contribution >= 0.6 is 0 Å². The van der Waals surface area contributed by atoms with Gasteiger partial charge >= 0.3 is 6.09 Å². The average Bonchev–Trinajstić information content (AvgIpc) is 2.68. The number of amides is 2. The molecule has 6 heteroatoms. The highest BCUT2D eigenvalue weighted by molar-refractivity contribution is 5.96. The largest absolute Gasteiger partial charge is 0.508 e. The number of alkyl carbamates (subject to hydrolysis) is 1. The van der Waals surface area contributed by atoms with E-state index in [4.69, 9.17) is 4.74 Å². The summed E-state index contributed by atoms with van der Waals surface area (Å²) in [6, 6.07) is 6.11. The molecule has 2 rings (SSSR count). The quantitative estimate of drug-likeness (QED) is 0.874. The maximum absolute atomic E-state index is 12.0. The fourth-order valence-electron chi connectivity index (χ4n) is 2.16. The second kappa shape index (κ2) is 5.63. The second-order valence-corrected chi connectivity index (χ2v) is 6.07. The summed E-state index contributed by atoms with van der Waals surface area (Å²) in [6.45, 7) is 5.75. The van der Waals surface area contributed by atoms with Gasteiger partial charge in [0.1, 0.15) is 11.4 Å². The Balaban J connectivity index is 1.96. The number of ether oxygens (including phenoxy) is 1. The van der Waals surface area contributed by atoms with Crippen molar-refractivity contribution < 1.29 is 19.4 Å². The third-order valence-electron chi connectivity index (χ3n) is 3.01. The van der Waals surface area contributed by atoms with Gasteiger partial charge in [0.05, 0.1) is 6.04 Å². The summed E-state index contributed by atoms with van der Waals surface area (Å²) in [6.07, 6.45) is -0.284. The molecular weight excluding hydrogens is 272 g/mol. The smallest absolute Gasteiger partial charge is 0.407 e. The van der Waals surface area contributed by atoms with E-state index in [0.717, 1.165) is 0 Å². The molecule has 0 radical (unpaired) electrons. The van der Waals surface area contributed by atoms with Crippen LogP contribution in [0.1, 0.15) is 27.2 Å². The van der Waals surface area contributed by atoms with E-state index in [-0.39, 0.29) is 24.1 Å². The molecular formula is C15H20N2O4. The summed E-state index contributed by atoms with van der Waals surface area (Å²) in [5, 5.41) is 12.0. The van der Waals surface area contributed by atoms with Crippen molar-refractivity contribution >= 4 is 17.7 Å². The van der Waals surface area contributed by atoms with E-state index in [1.807, 2.05) is 0 Å². The Morgan fingerprint density at radius 2 is 1.95 bits per heavy atom. The molecule has 6 nitrogen and oxygen atoms in total. The van der Waals surface area contributed by atoms with Crippen LogP contribution in [0.2, 0.25) is 0 Å². The number of benzene rings is 1. The molecule has 2 N–H and O–H groups in total. The van der Waals surface area contributed by atoms with Crippen molar-refractivity contribution in [1.82, 2.24) is 5.32 Å². The minimum atomic E-state index is -0.566. The summed E-state index contributed by atoms with van der Waals surface area (Å²) in [4.78, 5) is 25.3. The SMILES string of the molecule is CC(C)(C)OC(=O)N[C@@H]1CC(=O)N(c2ccc(O)cc2)C1. The van der Waals surface area contributed by atoms with Crippen LogP contribution in [-0.2, 0) is 9.53 Å². The standard InChI is InChI=1S/C15H20N2O4/c1-15(2,3)21-14(20)16-10-8-13(19)17(9-10)11-4-6-12(18)7-5-11/h4-7,10,18H,8-9H2,1-3H3,(H,16,20)/t10-/m1/s1. The van der Waals surface area contributed by atoms with E-state index in [1.54, 1.807) is 37.8 Å². The third kappa shape index (κ3) is 4.11. The lowest BCUT2D eigenvalue weighted by Gasteiger charge is -2.22. The van der Waals surface area contributed by atoms with Gasteiger partial charge in [-0.1, -0.05) is 0 Å². The second-order valence-electron chi connectivity index (χ2n) is 6.07. The molecule has 1 saturated heterocycles. The lowest BCUT2D eigenvalue weighted by Crippen LogP contribution is -2.40. The van der Waals surface area contributed by atoms with Gasteiger partial charge in [0.25, 0.3) is 0 Å². The Morgan fingerprint density at radius 3 is 2.52 bits per heavy atom. The van der Waals surface area contributed by atoms with Crippen molar-refractivity contribution in [2.45, 2.75) is 38.8 Å². The van der Waals surface area contributed by atoms with Crippen LogP contribution in [0.5, 0.6) is 5.75 Å². The predicted molar refractivity (Wildman–Crippen MR) is 78.2 cm³/mol. The number of nitrogens with one attached hydrogen (secondary N) is 1. The van der Waals surface area contributed by atoms with Gasteiger partial charge in [0.2, 0.25) is 5.91 Å². The lowest BCUT2D eigenvalue weighted by molar-refractivity contribution is -0.117. The molecule has 1 aliphatic heterocycles. The van der Waals surface area contributed by atoms with Gasteiger partial charge in [0.15, 0.2) is 0 Å². The highest BCUT2D eigenvalue weighted by atomic mass is 16.6. The Labute approximate surface area is 123 Å². The maximum atomic E-state index is 12.0. The predicted octanol–water partition coefficient (Wildman–Crippen LogP) is 2.02. The van der Waals surface area contributed by atoms with Gasteiger partial charge < -0.3 is 20.1 Å². The number of phenols is 1. The highest BCUT2D eigenvalue weighted by Gasteiger charge is 2.32. The summed E-state index contributed by atoms with van der Waals surface area (Å²) < 4.78 is 5.18. The molecule has 1 fully saturated rings. The zero-order valence-corrected chi connectivity index (χ0v) is 12.4. The van der Waals surface area contributed by atoms with E-state index < -0.39 is 11.7 Å². The molecule has 0 spiro atoms. The number of nitrogens with zero attached hydrogens (tertiary/aromatic N) is 1. The van der Waals surface area contributed by atoms with E-state index in [0.29, 0.717) is 12.2 Å². The minimum absolute atomic E-state index is 0.0678. The molecule has 1 aromatic rings. The summed E-state index contributed by atoms with van der Waals surface area (Å²) >= 11 is 0. The highest BCUT2D eigenvalue weighted by Crippen LogP contribution is 2.23. The van der Waals surface area contributed by atoms with Crippen molar-refractivity contribution in [2.75, 3.05) is 11.4 Å².